The van der Waals surface area contributed by atoms with E-state index in [0.717, 1.165) is 0 Å². The molecule has 0 spiro atoms. The largest absolute Gasteiger partial charge is 0.480 e. The molecule has 1 fully saturated rings. The molecule has 0 saturated heterocycles. The van der Waals surface area contributed by atoms with Crippen molar-refractivity contribution in [1.82, 2.24) is 5.32 Å². The first-order chi connectivity index (χ1) is 9.56. The Bertz CT molecular complexity index is 514. The summed E-state index contributed by atoms with van der Waals surface area (Å²) in [6.45, 7) is -0.0674. The second-order valence-corrected chi connectivity index (χ2v) is 4.76. The molecule has 1 aliphatic carbocycles. The van der Waals surface area contributed by atoms with Crippen LogP contribution in [-0.4, -0.2) is 36.7 Å². The smallest absolute Gasteiger partial charge is 0.329 e. The summed E-state index contributed by atoms with van der Waals surface area (Å²) in [6, 6.07) is 6.27. The van der Waals surface area contributed by atoms with E-state index in [4.69, 9.17) is 9.84 Å². The van der Waals surface area contributed by atoms with Gasteiger partial charge in [0.1, 0.15) is 12.4 Å². The molecule has 20 heavy (non-hydrogen) atoms. The minimum atomic E-state index is -1.05. The van der Waals surface area contributed by atoms with E-state index in [2.05, 4.69) is 5.32 Å². The lowest BCUT2D eigenvalue weighted by Crippen LogP contribution is -2.37. The maximum Gasteiger partial charge on any atom is 0.329 e. The fourth-order valence-electron chi connectivity index (χ4n) is 2.16. The topological polar surface area (TPSA) is 75.6 Å². The fraction of sp³-hybridized carbons (Fsp3) is 0.429. The predicted octanol–water partition coefficient (Wildman–Crippen LogP) is 1.07. The molecule has 0 atom stereocenters. The molecule has 1 aliphatic rings. The number of carboxylic acid groups (broad SMARTS) is 1. The summed E-state index contributed by atoms with van der Waals surface area (Å²) < 4.78 is 18.6. The van der Waals surface area contributed by atoms with Gasteiger partial charge in [-0.25, -0.2) is 9.18 Å². The van der Waals surface area contributed by atoms with E-state index in [-0.39, 0.29) is 24.9 Å². The summed E-state index contributed by atoms with van der Waals surface area (Å²) in [4.78, 5) is 22.4. The zero-order valence-corrected chi connectivity index (χ0v) is 10.9. The summed E-state index contributed by atoms with van der Waals surface area (Å²) in [6.07, 6.45) is 1.24. The minimum absolute atomic E-state index is 0.116. The summed E-state index contributed by atoms with van der Waals surface area (Å²) in [5.41, 5.74) is -0.345. The first kappa shape index (κ1) is 14.5. The highest BCUT2D eigenvalue weighted by Gasteiger charge is 2.52. The van der Waals surface area contributed by atoms with Crippen molar-refractivity contribution < 1.29 is 23.8 Å². The van der Waals surface area contributed by atoms with Crippen LogP contribution in [0.5, 0.6) is 0 Å². The SMILES string of the molecule is O=C(O)COCCNC(=O)C1(c2ccccc2F)CC1. The third kappa shape index (κ3) is 3.14. The standard InChI is InChI=1S/C14H16FNO4/c15-11-4-2-1-3-10(11)14(5-6-14)13(19)16-7-8-20-9-12(17)18/h1-4H,5-9H2,(H,16,19)(H,17,18). The normalized spacial score (nSPS) is 15.7. The molecular formula is C14H16FNO4. The lowest BCUT2D eigenvalue weighted by molar-refractivity contribution is -0.142. The molecule has 5 nitrogen and oxygen atoms in total. The lowest BCUT2D eigenvalue weighted by atomic mass is 9.94. The first-order valence-corrected chi connectivity index (χ1v) is 6.39. The summed E-state index contributed by atoms with van der Waals surface area (Å²) >= 11 is 0. The number of nitrogens with one attached hydrogen (secondary N) is 1. The number of hydrogen-bond donors (Lipinski definition) is 2. The number of benzene rings is 1. The van der Waals surface area contributed by atoms with Crippen molar-refractivity contribution in [2.45, 2.75) is 18.3 Å². The Labute approximate surface area is 115 Å². The van der Waals surface area contributed by atoms with Crippen LogP contribution in [0.2, 0.25) is 0 Å². The maximum absolute atomic E-state index is 13.7. The molecule has 2 rings (SSSR count). The Kier molecular flexibility index (Phi) is 4.34. The lowest BCUT2D eigenvalue weighted by Gasteiger charge is -2.16. The quantitative estimate of drug-likeness (QED) is 0.733. The van der Waals surface area contributed by atoms with Crippen LogP contribution in [0.4, 0.5) is 4.39 Å². The fourth-order valence-corrected chi connectivity index (χ4v) is 2.16. The van der Waals surface area contributed by atoms with Crippen LogP contribution in [-0.2, 0) is 19.7 Å². The van der Waals surface area contributed by atoms with Gasteiger partial charge >= 0.3 is 5.97 Å². The van der Waals surface area contributed by atoms with Crippen LogP contribution in [0.1, 0.15) is 18.4 Å². The van der Waals surface area contributed by atoms with Gasteiger partial charge in [-0.15, -0.1) is 0 Å². The summed E-state index contributed by atoms with van der Waals surface area (Å²) in [5.74, 6) is -1.66. The number of amides is 1. The number of halogens is 1. The van der Waals surface area contributed by atoms with E-state index in [1.165, 1.54) is 6.07 Å². The number of carbonyl (C=O) groups is 2. The third-order valence-electron chi connectivity index (χ3n) is 3.33. The molecule has 0 aromatic heterocycles. The van der Waals surface area contributed by atoms with Gasteiger partial charge in [0, 0.05) is 12.1 Å². The second kappa shape index (κ2) is 6.00. The van der Waals surface area contributed by atoms with Gasteiger partial charge in [0.25, 0.3) is 0 Å². The van der Waals surface area contributed by atoms with Crippen LogP contribution >= 0.6 is 0 Å². The zero-order valence-electron chi connectivity index (χ0n) is 10.9. The van der Waals surface area contributed by atoms with E-state index in [1.807, 2.05) is 0 Å². The molecule has 1 amide bonds. The van der Waals surface area contributed by atoms with Crippen LogP contribution in [0.25, 0.3) is 0 Å². The van der Waals surface area contributed by atoms with E-state index < -0.39 is 18.0 Å². The van der Waals surface area contributed by atoms with Crippen molar-refractivity contribution in [3.63, 3.8) is 0 Å². The van der Waals surface area contributed by atoms with Crippen LogP contribution in [0.3, 0.4) is 0 Å². The van der Waals surface area contributed by atoms with Gasteiger partial charge in [0.05, 0.1) is 12.0 Å². The van der Waals surface area contributed by atoms with Crippen molar-refractivity contribution in [2.24, 2.45) is 0 Å². The molecule has 0 bridgehead atoms. The van der Waals surface area contributed by atoms with E-state index in [1.54, 1.807) is 18.2 Å². The second-order valence-electron chi connectivity index (χ2n) is 4.76. The van der Waals surface area contributed by atoms with E-state index >= 15 is 0 Å². The van der Waals surface area contributed by atoms with Gasteiger partial charge in [-0.1, -0.05) is 18.2 Å². The van der Waals surface area contributed by atoms with Gasteiger partial charge in [0.2, 0.25) is 5.91 Å². The number of hydrogen-bond acceptors (Lipinski definition) is 3. The average molecular weight is 281 g/mol. The Hall–Kier alpha value is -1.95. The van der Waals surface area contributed by atoms with Gasteiger partial charge in [-0.2, -0.15) is 0 Å². The Balaban J connectivity index is 1.86. The highest BCUT2D eigenvalue weighted by Crippen LogP contribution is 2.49. The van der Waals surface area contributed by atoms with E-state index in [0.29, 0.717) is 18.4 Å². The molecule has 6 heteroatoms. The maximum atomic E-state index is 13.7. The molecular weight excluding hydrogens is 265 g/mol. The van der Waals surface area contributed by atoms with Crippen LogP contribution in [0.15, 0.2) is 24.3 Å². The Morgan fingerprint density at radius 2 is 2.05 bits per heavy atom. The summed E-state index contributed by atoms with van der Waals surface area (Å²) in [7, 11) is 0. The predicted molar refractivity (Wildman–Crippen MR) is 68.8 cm³/mol. The van der Waals surface area contributed by atoms with Crippen LogP contribution in [0, 0.1) is 5.82 Å². The van der Waals surface area contributed by atoms with Gasteiger partial charge < -0.3 is 15.2 Å². The molecule has 0 radical (unpaired) electrons. The highest BCUT2D eigenvalue weighted by molar-refractivity contribution is 5.91. The average Bonchev–Trinajstić information content (AvgIpc) is 3.20. The van der Waals surface area contributed by atoms with Crippen molar-refractivity contribution >= 4 is 11.9 Å². The summed E-state index contributed by atoms with van der Waals surface area (Å²) in [5, 5.41) is 11.0. The highest BCUT2D eigenvalue weighted by atomic mass is 19.1. The van der Waals surface area contributed by atoms with Crippen molar-refractivity contribution in [2.75, 3.05) is 19.8 Å². The molecule has 1 saturated carbocycles. The number of rotatable bonds is 7. The number of ether oxygens (including phenoxy) is 1. The molecule has 0 unspecified atom stereocenters. The molecule has 0 aliphatic heterocycles. The van der Waals surface area contributed by atoms with Gasteiger partial charge in [0.15, 0.2) is 0 Å². The van der Waals surface area contributed by atoms with Gasteiger partial charge in [-0.05, 0) is 18.9 Å². The molecule has 108 valence electrons. The Morgan fingerprint density at radius 3 is 2.65 bits per heavy atom. The molecule has 0 heterocycles. The zero-order chi connectivity index (χ0) is 14.6. The minimum Gasteiger partial charge on any atom is -0.480 e. The monoisotopic (exact) mass is 281 g/mol. The molecule has 1 aromatic carbocycles. The molecule has 1 aromatic rings. The molecule has 2 N–H and O–H groups in total. The number of carboxylic acids is 1. The van der Waals surface area contributed by atoms with Crippen LogP contribution < -0.4 is 5.32 Å². The van der Waals surface area contributed by atoms with Crippen molar-refractivity contribution in [3.8, 4) is 0 Å². The van der Waals surface area contributed by atoms with Crippen molar-refractivity contribution in [3.05, 3.63) is 35.6 Å². The third-order valence-corrected chi connectivity index (χ3v) is 3.33. The van der Waals surface area contributed by atoms with E-state index in [9.17, 15) is 14.0 Å². The number of carbonyl (C=O) groups excluding carboxylic acids is 1. The Morgan fingerprint density at radius 1 is 1.35 bits per heavy atom. The van der Waals surface area contributed by atoms with Crippen molar-refractivity contribution in [1.29, 1.82) is 0 Å². The van der Waals surface area contributed by atoms with Gasteiger partial charge in [-0.3, -0.25) is 4.79 Å². The first-order valence-electron chi connectivity index (χ1n) is 6.39. The number of aliphatic carboxylic acids is 1.